The van der Waals surface area contributed by atoms with Crippen molar-refractivity contribution < 1.29 is 0 Å². The van der Waals surface area contributed by atoms with Gasteiger partial charge in [-0.25, -0.2) is 0 Å². The van der Waals surface area contributed by atoms with Gasteiger partial charge in [0.15, 0.2) is 5.17 Å². The fraction of sp³-hybridized carbons (Fsp3) is 0.545. The molecular formula is C22H28N4S. The third kappa shape index (κ3) is 3.00. The van der Waals surface area contributed by atoms with Crippen molar-refractivity contribution >= 4 is 16.9 Å². The normalized spacial score (nSPS) is 28.4. The summed E-state index contributed by atoms with van der Waals surface area (Å²) in [7, 11) is 0. The highest BCUT2D eigenvalue weighted by atomic mass is 32.2. The molecule has 27 heavy (non-hydrogen) atoms. The summed E-state index contributed by atoms with van der Waals surface area (Å²) in [6, 6.07) is 12.4. The van der Waals surface area contributed by atoms with Gasteiger partial charge in [0.05, 0.1) is 11.7 Å². The van der Waals surface area contributed by atoms with Gasteiger partial charge in [-0.3, -0.25) is 9.98 Å². The van der Waals surface area contributed by atoms with Crippen LogP contribution in [0.5, 0.6) is 0 Å². The minimum atomic E-state index is 0.0975. The first kappa shape index (κ1) is 17.4. The summed E-state index contributed by atoms with van der Waals surface area (Å²) in [5, 5.41) is 1.22. The molecule has 0 aromatic carbocycles. The van der Waals surface area contributed by atoms with Crippen LogP contribution in [-0.4, -0.2) is 31.4 Å². The van der Waals surface area contributed by atoms with E-state index in [-0.39, 0.29) is 12.1 Å². The molecule has 0 amide bonds. The van der Waals surface area contributed by atoms with Crippen molar-refractivity contribution in [2.75, 3.05) is 5.75 Å². The van der Waals surface area contributed by atoms with E-state index in [9.17, 15) is 0 Å². The van der Waals surface area contributed by atoms with Crippen molar-refractivity contribution in [3.8, 4) is 0 Å². The second-order valence-corrected chi connectivity index (χ2v) is 8.96. The number of pyridine rings is 1. The minimum Gasteiger partial charge on any atom is -0.346 e. The summed E-state index contributed by atoms with van der Waals surface area (Å²) < 4.78 is 2.58. The average molecular weight is 381 g/mol. The van der Waals surface area contributed by atoms with Crippen molar-refractivity contribution in [2.45, 2.75) is 69.6 Å². The summed E-state index contributed by atoms with van der Waals surface area (Å²) in [4.78, 5) is 12.5. The first-order chi connectivity index (χ1) is 13.4. The Balaban J connectivity index is 1.56. The number of aliphatic imine (C=N–C) groups is 1. The Hall–Kier alpha value is -1.75. The van der Waals surface area contributed by atoms with Crippen LogP contribution in [0.4, 0.5) is 0 Å². The quantitative estimate of drug-likeness (QED) is 0.715. The molecule has 2 fully saturated rings. The number of hydrogen-bond donors (Lipinski definition) is 0. The number of nitrogens with zero attached hydrogens (tertiary/aromatic N) is 4. The molecule has 2 aromatic rings. The van der Waals surface area contributed by atoms with Crippen LogP contribution in [0.3, 0.4) is 0 Å². The highest BCUT2D eigenvalue weighted by Crippen LogP contribution is 2.49. The maximum Gasteiger partial charge on any atom is 0.160 e. The van der Waals surface area contributed by atoms with Gasteiger partial charge in [-0.1, -0.05) is 44.0 Å². The number of fused-ring (bicyclic) bond motifs is 1. The molecule has 2 aliphatic heterocycles. The molecule has 3 aliphatic rings. The van der Waals surface area contributed by atoms with Crippen LogP contribution in [0, 0.1) is 0 Å². The standard InChI is InChI=1S/C22H28N4S/c1-2-16-15-27-22-24-20(18-11-6-7-13-23-18)21(26(16)22)19-12-8-14-25(19)17-9-4-3-5-10-17/h6-8,11-14,16-17,20-21H,2-5,9-10,15H2,1H3/t16-,20-,21+/m1/s1. The third-order valence-corrected chi connectivity index (χ3v) is 7.54. The van der Waals surface area contributed by atoms with Crippen LogP contribution in [0.25, 0.3) is 0 Å². The van der Waals surface area contributed by atoms with Crippen LogP contribution in [-0.2, 0) is 0 Å². The Morgan fingerprint density at radius 1 is 1.11 bits per heavy atom. The van der Waals surface area contributed by atoms with Gasteiger partial charge in [-0.05, 0) is 43.5 Å². The van der Waals surface area contributed by atoms with E-state index in [1.165, 1.54) is 49.4 Å². The fourth-order valence-electron chi connectivity index (χ4n) is 5.02. The Morgan fingerprint density at radius 3 is 2.78 bits per heavy atom. The van der Waals surface area contributed by atoms with Crippen LogP contribution in [0.1, 0.15) is 75.0 Å². The van der Waals surface area contributed by atoms with E-state index in [1.807, 2.05) is 24.0 Å². The first-order valence-corrected chi connectivity index (χ1v) is 11.4. The van der Waals surface area contributed by atoms with Crippen molar-refractivity contribution in [2.24, 2.45) is 4.99 Å². The van der Waals surface area contributed by atoms with Gasteiger partial charge in [-0.2, -0.15) is 0 Å². The molecule has 5 heteroatoms. The molecule has 0 spiro atoms. The maximum absolute atomic E-state index is 5.17. The molecule has 0 N–H and O–H groups in total. The highest BCUT2D eigenvalue weighted by molar-refractivity contribution is 8.14. The molecule has 142 valence electrons. The van der Waals surface area contributed by atoms with Crippen LogP contribution in [0.15, 0.2) is 47.7 Å². The van der Waals surface area contributed by atoms with Gasteiger partial charge in [0.1, 0.15) is 6.04 Å². The van der Waals surface area contributed by atoms with Gasteiger partial charge >= 0.3 is 0 Å². The highest BCUT2D eigenvalue weighted by Gasteiger charge is 2.46. The molecule has 0 radical (unpaired) electrons. The summed E-state index contributed by atoms with van der Waals surface area (Å²) in [5.41, 5.74) is 2.52. The molecule has 0 bridgehead atoms. The molecular weight excluding hydrogens is 352 g/mol. The summed E-state index contributed by atoms with van der Waals surface area (Å²) in [6.07, 6.45) is 12.1. The zero-order valence-electron chi connectivity index (χ0n) is 16.0. The third-order valence-electron chi connectivity index (χ3n) is 6.41. The second-order valence-electron chi connectivity index (χ2n) is 7.97. The van der Waals surface area contributed by atoms with Crippen molar-refractivity contribution in [3.63, 3.8) is 0 Å². The zero-order valence-corrected chi connectivity index (χ0v) is 16.8. The molecule has 2 aromatic heterocycles. The summed E-state index contributed by atoms with van der Waals surface area (Å²) in [5.74, 6) is 1.16. The van der Waals surface area contributed by atoms with Crippen molar-refractivity contribution in [1.29, 1.82) is 0 Å². The molecule has 0 unspecified atom stereocenters. The molecule has 1 aliphatic carbocycles. The maximum atomic E-state index is 5.17. The van der Waals surface area contributed by atoms with E-state index in [2.05, 4.69) is 51.8 Å². The molecule has 1 saturated heterocycles. The minimum absolute atomic E-state index is 0.0975. The van der Waals surface area contributed by atoms with E-state index in [0.29, 0.717) is 12.1 Å². The SMILES string of the molecule is CC[C@@H]1CSC2=N[C@H](c3ccccn3)[C@H](c3cccn3C3CCCCC3)N21. The Labute approximate surface area is 166 Å². The lowest BCUT2D eigenvalue weighted by Gasteiger charge is -2.34. The van der Waals surface area contributed by atoms with Gasteiger partial charge in [0.25, 0.3) is 0 Å². The largest absolute Gasteiger partial charge is 0.346 e. The van der Waals surface area contributed by atoms with Crippen LogP contribution >= 0.6 is 11.8 Å². The van der Waals surface area contributed by atoms with Gasteiger partial charge in [0.2, 0.25) is 0 Å². The van der Waals surface area contributed by atoms with Crippen molar-refractivity contribution in [3.05, 3.63) is 54.1 Å². The lowest BCUT2D eigenvalue weighted by molar-refractivity contribution is 0.235. The van der Waals surface area contributed by atoms with E-state index in [0.717, 1.165) is 11.4 Å². The number of aromatic nitrogens is 2. The van der Waals surface area contributed by atoms with E-state index >= 15 is 0 Å². The fourth-order valence-corrected chi connectivity index (χ4v) is 6.36. The molecule has 4 nitrogen and oxygen atoms in total. The van der Waals surface area contributed by atoms with Crippen LogP contribution < -0.4 is 0 Å². The predicted molar refractivity (Wildman–Crippen MR) is 112 cm³/mol. The number of amidine groups is 1. The Kier molecular flexibility index (Phi) is 4.72. The molecule has 5 rings (SSSR count). The van der Waals surface area contributed by atoms with Crippen LogP contribution in [0.2, 0.25) is 0 Å². The number of hydrogen-bond acceptors (Lipinski definition) is 4. The summed E-state index contributed by atoms with van der Waals surface area (Å²) >= 11 is 1.93. The number of rotatable bonds is 4. The smallest absolute Gasteiger partial charge is 0.160 e. The lowest BCUT2D eigenvalue weighted by Crippen LogP contribution is -2.36. The number of thioether (sulfide) groups is 1. The first-order valence-electron chi connectivity index (χ1n) is 10.4. The van der Waals surface area contributed by atoms with Crippen molar-refractivity contribution in [1.82, 2.24) is 14.5 Å². The molecule has 4 heterocycles. The topological polar surface area (TPSA) is 33.4 Å². The van der Waals surface area contributed by atoms with E-state index in [4.69, 9.17) is 4.99 Å². The summed E-state index contributed by atoms with van der Waals surface area (Å²) in [6.45, 7) is 2.31. The Bertz CT molecular complexity index is 809. The zero-order chi connectivity index (χ0) is 18.2. The van der Waals surface area contributed by atoms with Gasteiger partial charge < -0.3 is 9.47 Å². The Morgan fingerprint density at radius 2 is 2.00 bits per heavy atom. The molecule has 1 saturated carbocycles. The van der Waals surface area contributed by atoms with Gasteiger partial charge in [-0.15, -0.1) is 0 Å². The van der Waals surface area contributed by atoms with Gasteiger partial charge in [0, 0.05) is 35.9 Å². The average Bonchev–Trinajstić information content (AvgIpc) is 3.44. The van der Waals surface area contributed by atoms with E-state index in [1.54, 1.807) is 0 Å². The van der Waals surface area contributed by atoms with E-state index < -0.39 is 0 Å². The molecule has 3 atom stereocenters. The monoisotopic (exact) mass is 380 g/mol. The lowest BCUT2D eigenvalue weighted by atomic mass is 9.94. The second kappa shape index (κ2) is 7.34. The predicted octanol–water partition coefficient (Wildman–Crippen LogP) is 5.37.